The Morgan fingerprint density at radius 1 is 0.830 bits per heavy atom. The number of aryl methyl sites for hydroxylation is 4. The molecule has 9 N–H and O–H groups in total. The molecule has 278 valence electrons. The SMILES string of the molecule is CCN1NC(C)(C)C=C1C(=O)Nc1nc2cc(C(N)=O)cc(CN)c2n1CCCCn1c(NC(=O)c2cc(C)nn2CC)nc2cc(C(N)=O)ccc21. The summed E-state index contributed by atoms with van der Waals surface area (Å²) in [7, 11) is 0. The van der Waals surface area contributed by atoms with Gasteiger partial charge in [-0.1, -0.05) is 0 Å². The first-order valence-corrected chi connectivity index (χ1v) is 17.5. The van der Waals surface area contributed by atoms with Crippen molar-refractivity contribution in [2.45, 2.75) is 79.2 Å². The minimum Gasteiger partial charge on any atom is -0.366 e. The van der Waals surface area contributed by atoms with E-state index in [1.807, 2.05) is 49.8 Å². The lowest BCUT2D eigenvalue weighted by Crippen LogP contribution is -2.44. The van der Waals surface area contributed by atoms with Gasteiger partial charge >= 0.3 is 0 Å². The summed E-state index contributed by atoms with van der Waals surface area (Å²) < 4.78 is 5.40. The number of anilines is 2. The molecule has 0 atom stereocenters. The van der Waals surface area contributed by atoms with Crippen LogP contribution in [0.4, 0.5) is 11.9 Å². The highest BCUT2D eigenvalue weighted by Gasteiger charge is 2.32. The van der Waals surface area contributed by atoms with Crippen LogP contribution in [-0.4, -0.2) is 69.6 Å². The van der Waals surface area contributed by atoms with Crippen LogP contribution in [0.15, 0.2) is 48.2 Å². The van der Waals surface area contributed by atoms with E-state index in [4.69, 9.17) is 22.2 Å². The Labute approximate surface area is 305 Å². The molecule has 17 nitrogen and oxygen atoms in total. The van der Waals surface area contributed by atoms with Gasteiger partial charge in [-0.3, -0.25) is 34.5 Å². The molecule has 5 aromatic rings. The van der Waals surface area contributed by atoms with Crippen molar-refractivity contribution >= 4 is 57.6 Å². The van der Waals surface area contributed by atoms with Crippen LogP contribution in [0.3, 0.4) is 0 Å². The maximum Gasteiger partial charge on any atom is 0.276 e. The van der Waals surface area contributed by atoms with E-state index in [9.17, 15) is 19.2 Å². The van der Waals surface area contributed by atoms with Crippen molar-refractivity contribution in [3.63, 3.8) is 0 Å². The first kappa shape index (κ1) is 36.7. The van der Waals surface area contributed by atoms with E-state index in [-0.39, 0.29) is 23.9 Å². The fraction of sp³-hybridized carbons (Fsp3) is 0.361. The molecule has 0 spiro atoms. The molecular formula is C36H45N13O4. The molecule has 4 amide bonds. The maximum absolute atomic E-state index is 13.7. The highest BCUT2D eigenvalue weighted by atomic mass is 16.2. The third-order valence-corrected chi connectivity index (χ3v) is 9.12. The van der Waals surface area contributed by atoms with Gasteiger partial charge in [-0.15, -0.1) is 0 Å². The van der Waals surface area contributed by atoms with Gasteiger partial charge in [0.1, 0.15) is 11.4 Å². The Morgan fingerprint density at radius 3 is 2.13 bits per heavy atom. The predicted octanol–water partition coefficient (Wildman–Crippen LogP) is 2.74. The molecule has 0 saturated heterocycles. The number of hydrazine groups is 1. The van der Waals surface area contributed by atoms with Gasteiger partial charge in [-0.05, 0) is 95.5 Å². The fourth-order valence-electron chi connectivity index (χ4n) is 6.71. The topological polar surface area (TPSA) is 239 Å². The Balaban J connectivity index is 1.30. The van der Waals surface area contributed by atoms with Crippen LogP contribution in [0.1, 0.15) is 83.0 Å². The van der Waals surface area contributed by atoms with Gasteiger partial charge < -0.3 is 31.3 Å². The van der Waals surface area contributed by atoms with Gasteiger partial charge in [-0.25, -0.2) is 15.4 Å². The van der Waals surface area contributed by atoms with Gasteiger partial charge in [0, 0.05) is 43.9 Å². The van der Waals surface area contributed by atoms with Crippen LogP contribution in [0, 0.1) is 6.92 Å². The zero-order valence-electron chi connectivity index (χ0n) is 30.5. The number of nitrogens with two attached hydrogens (primary N) is 3. The summed E-state index contributed by atoms with van der Waals surface area (Å²) in [5.74, 6) is -1.31. The molecule has 2 aromatic carbocycles. The molecule has 6 rings (SSSR count). The number of aromatic nitrogens is 6. The molecule has 53 heavy (non-hydrogen) atoms. The number of benzene rings is 2. The Bertz CT molecular complexity index is 2290. The number of nitrogens with zero attached hydrogens (tertiary/aromatic N) is 7. The first-order chi connectivity index (χ1) is 25.2. The summed E-state index contributed by atoms with van der Waals surface area (Å²) in [4.78, 5) is 60.7. The molecular weight excluding hydrogens is 678 g/mol. The minimum absolute atomic E-state index is 0.109. The summed E-state index contributed by atoms with van der Waals surface area (Å²) >= 11 is 0. The lowest BCUT2D eigenvalue weighted by atomic mass is 10.1. The van der Waals surface area contributed by atoms with Crippen molar-refractivity contribution in [1.29, 1.82) is 0 Å². The average Bonchev–Trinajstić information content (AvgIpc) is 3.86. The monoisotopic (exact) mass is 723 g/mol. The second-order valence-corrected chi connectivity index (χ2v) is 13.5. The van der Waals surface area contributed by atoms with Crippen LogP contribution in [0.2, 0.25) is 0 Å². The second kappa shape index (κ2) is 14.5. The van der Waals surface area contributed by atoms with Crippen molar-refractivity contribution in [1.82, 2.24) is 39.3 Å². The van der Waals surface area contributed by atoms with Crippen LogP contribution in [0.5, 0.6) is 0 Å². The lowest BCUT2D eigenvalue weighted by molar-refractivity contribution is -0.114. The summed E-state index contributed by atoms with van der Waals surface area (Å²) in [5, 5.41) is 12.1. The van der Waals surface area contributed by atoms with Crippen LogP contribution >= 0.6 is 0 Å². The number of likely N-dealkylation sites (N-methyl/N-ethyl adjacent to an activating group) is 1. The zero-order valence-corrected chi connectivity index (χ0v) is 30.5. The number of unbranched alkanes of at least 4 members (excludes halogenated alkanes) is 1. The van der Waals surface area contributed by atoms with E-state index in [2.05, 4.69) is 26.1 Å². The molecule has 0 bridgehead atoms. The number of fused-ring (bicyclic) bond motifs is 2. The van der Waals surface area contributed by atoms with E-state index in [0.29, 0.717) is 101 Å². The van der Waals surface area contributed by atoms with Crippen molar-refractivity contribution in [2.24, 2.45) is 17.2 Å². The molecule has 1 aliphatic heterocycles. The molecule has 1 aliphatic rings. The number of amides is 4. The van der Waals surface area contributed by atoms with E-state index in [1.54, 1.807) is 46.1 Å². The number of carbonyl (C=O) groups excluding carboxylic acids is 4. The first-order valence-electron chi connectivity index (χ1n) is 17.5. The highest BCUT2D eigenvalue weighted by molar-refractivity contribution is 6.05. The average molecular weight is 724 g/mol. The van der Waals surface area contributed by atoms with Crippen molar-refractivity contribution in [3.05, 3.63) is 76.2 Å². The normalized spacial score (nSPS) is 13.8. The zero-order chi connectivity index (χ0) is 38.2. The molecule has 0 fully saturated rings. The van der Waals surface area contributed by atoms with Crippen LogP contribution in [0.25, 0.3) is 22.1 Å². The van der Waals surface area contributed by atoms with Gasteiger partial charge in [0.15, 0.2) is 0 Å². The number of hydrogen-bond acceptors (Lipinski definition) is 10. The lowest BCUT2D eigenvalue weighted by Gasteiger charge is -2.24. The maximum atomic E-state index is 13.7. The van der Waals surface area contributed by atoms with Gasteiger partial charge in [-0.2, -0.15) is 5.10 Å². The molecule has 3 aromatic heterocycles. The van der Waals surface area contributed by atoms with Gasteiger partial charge in [0.25, 0.3) is 11.8 Å². The van der Waals surface area contributed by atoms with Gasteiger partial charge in [0.05, 0.1) is 33.3 Å². The smallest absolute Gasteiger partial charge is 0.276 e. The molecule has 17 heteroatoms. The fourth-order valence-corrected chi connectivity index (χ4v) is 6.71. The van der Waals surface area contributed by atoms with Crippen molar-refractivity contribution < 1.29 is 19.2 Å². The van der Waals surface area contributed by atoms with Crippen molar-refractivity contribution in [2.75, 3.05) is 17.2 Å². The number of primary amides is 2. The Kier molecular flexibility index (Phi) is 10.1. The van der Waals surface area contributed by atoms with Crippen molar-refractivity contribution in [3.8, 4) is 0 Å². The van der Waals surface area contributed by atoms with E-state index in [0.717, 1.165) is 0 Å². The predicted molar refractivity (Wildman–Crippen MR) is 201 cm³/mol. The summed E-state index contributed by atoms with van der Waals surface area (Å²) in [5.41, 5.74) is 25.4. The highest BCUT2D eigenvalue weighted by Crippen LogP contribution is 2.29. The number of imidazole rings is 2. The molecule has 0 saturated carbocycles. The standard InChI is InChI=1S/C36H45N13O4/c1-6-48-27(14-20(3)44-48)32(52)42-34-40-24-16-21(30(38)50)10-11-26(24)46(34)12-8-9-13-47-29-23(19-37)15-22(31(39)51)17-25(29)41-35(47)43-33(53)28-18-36(4,5)45-49(28)7-2/h10-11,14-18,45H,6-9,12-13,19,37H2,1-5H3,(H2,38,50)(H2,39,51)(H,40,42,52)(H,41,43,53). The number of carbonyl (C=O) groups is 4. The van der Waals surface area contributed by atoms with Crippen LogP contribution in [-0.2, 0) is 31.0 Å². The second-order valence-electron chi connectivity index (χ2n) is 13.5. The largest absolute Gasteiger partial charge is 0.366 e. The van der Waals surface area contributed by atoms with Crippen LogP contribution < -0.4 is 33.3 Å². The Morgan fingerprint density at radius 2 is 1.47 bits per heavy atom. The van der Waals surface area contributed by atoms with E-state index in [1.165, 1.54) is 0 Å². The molecule has 0 aliphatic carbocycles. The van der Waals surface area contributed by atoms with Gasteiger partial charge in [0.2, 0.25) is 23.7 Å². The summed E-state index contributed by atoms with van der Waals surface area (Å²) in [6.07, 6.45) is 3.07. The minimum atomic E-state index is -0.613. The number of nitrogens with one attached hydrogen (secondary N) is 3. The molecule has 4 heterocycles. The summed E-state index contributed by atoms with van der Waals surface area (Å²) in [6, 6.07) is 9.94. The molecule has 0 radical (unpaired) electrons. The molecule has 0 unspecified atom stereocenters. The summed E-state index contributed by atoms with van der Waals surface area (Å²) in [6.45, 7) is 11.7. The third-order valence-electron chi connectivity index (χ3n) is 9.12. The number of rotatable bonds is 14. The quantitative estimate of drug-likeness (QED) is 0.0916. The third kappa shape index (κ3) is 7.33. The van der Waals surface area contributed by atoms with E-state index >= 15 is 0 Å². The Hall–Kier alpha value is -6.07. The number of hydrogen-bond donors (Lipinski definition) is 6. The van der Waals surface area contributed by atoms with E-state index < -0.39 is 17.4 Å².